The molecule has 1 atom stereocenters. The van der Waals surface area contributed by atoms with Crippen molar-refractivity contribution in [1.29, 1.82) is 5.26 Å². The van der Waals surface area contributed by atoms with Crippen LogP contribution in [0.15, 0.2) is 92.7 Å². The molecule has 0 fully saturated rings. The number of carbonyl (C=O) groups excluding carboxylic acids is 1. The number of hydrogen-bond acceptors (Lipinski definition) is 5. The van der Waals surface area contributed by atoms with Crippen molar-refractivity contribution in [1.82, 2.24) is 0 Å². The number of Topliss-reactive ketones (excluding diaryl/α,β-unsaturated/α-hetero) is 1. The molecule has 204 valence electrons. The van der Waals surface area contributed by atoms with E-state index >= 15 is 0 Å². The molecule has 2 N–H and O–H groups in total. The molecule has 0 amide bonds. The maximum absolute atomic E-state index is 14.0. The van der Waals surface area contributed by atoms with Crippen LogP contribution in [0.4, 0.5) is 5.69 Å². The van der Waals surface area contributed by atoms with Crippen LogP contribution in [0, 0.1) is 37.5 Å². The molecule has 1 aliphatic carbocycles. The van der Waals surface area contributed by atoms with Gasteiger partial charge in [0.05, 0.1) is 17.6 Å². The highest BCUT2D eigenvalue weighted by atomic mass is 79.9. The third-order valence-corrected chi connectivity index (χ3v) is 9.43. The third kappa shape index (κ3) is 5.38. The number of nitrogens with two attached hydrogens (primary N) is 1. The second kappa shape index (κ2) is 11.0. The normalized spacial score (nSPS) is 18.6. The number of thioether (sulfide) groups is 1. The number of anilines is 1. The number of hydrogen-bond donors (Lipinski definition) is 1. The Hall–Kier alpha value is -3.27. The first kappa shape index (κ1) is 28.3. The van der Waals surface area contributed by atoms with Gasteiger partial charge in [-0.05, 0) is 79.6 Å². The summed E-state index contributed by atoms with van der Waals surface area (Å²) in [5, 5.41) is 10.5. The minimum Gasteiger partial charge on any atom is -0.384 e. The van der Waals surface area contributed by atoms with Crippen molar-refractivity contribution in [2.45, 2.75) is 64.0 Å². The monoisotopic (exact) mass is 611 g/mol. The number of halogens is 1. The average molecular weight is 613 g/mol. The molecule has 2 aliphatic rings. The number of ketones is 1. The summed E-state index contributed by atoms with van der Waals surface area (Å²) >= 11 is 5.37. The van der Waals surface area contributed by atoms with Crippen LogP contribution in [0.2, 0.25) is 0 Å². The molecule has 0 spiro atoms. The van der Waals surface area contributed by atoms with E-state index in [2.05, 4.69) is 93.0 Å². The van der Waals surface area contributed by atoms with Gasteiger partial charge in [-0.2, -0.15) is 5.26 Å². The molecular weight excluding hydrogens is 578 g/mol. The van der Waals surface area contributed by atoms with Gasteiger partial charge in [-0.1, -0.05) is 71.2 Å². The molecule has 3 aromatic carbocycles. The van der Waals surface area contributed by atoms with Crippen molar-refractivity contribution in [3.63, 3.8) is 0 Å². The average Bonchev–Trinajstić information content (AvgIpc) is 2.88. The second-order valence-corrected chi connectivity index (χ2v) is 13.7. The fourth-order valence-electron chi connectivity index (χ4n) is 5.94. The van der Waals surface area contributed by atoms with Gasteiger partial charge in [0, 0.05) is 38.5 Å². The molecular formula is C34H34BrN3OS. The zero-order valence-electron chi connectivity index (χ0n) is 23.6. The van der Waals surface area contributed by atoms with Crippen molar-refractivity contribution in [2.24, 2.45) is 11.1 Å². The molecule has 4 nitrogen and oxygen atoms in total. The SMILES string of the molecule is Cc1ccc(SCc2cc(C)cc(C3C(C#N)=C(N)N(c4cccc(Br)c4)C4=C3C(=O)CC(C)(C)C4)c2C)cc1. The van der Waals surface area contributed by atoms with Crippen LogP contribution in [-0.4, -0.2) is 5.78 Å². The molecule has 0 saturated carbocycles. The second-order valence-electron chi connectivity index (χ2n) is 11.7. The number of nitrogens with zero attached hydrogens (tertiary/aromatic N) is 2. The Morgan fingerprint density at radius 2 is 1.77 bits per heavy atom. The lowest BCUT2D eigenvalue weighted by molar-refractivity contribution is -0.118. The Morgan fingerprint density at radius 3 is 2.45 bits per heavy atom. The molecule has 5 rings (SSSR count). The highest BCUT2D eigenvalue weighted by molar-refractivity contribution is 9.10. The first-order chi connectivity index (χ1) is 19.0. The standard InChI is InChI=1S/C34H34BrN3OS/c1-20-9-11-26(12-10-20)40-19-23-13-21(2)14-27(22(23)3)31-28(18-36)33(37)38(25-8-6-7-24(35)15-25)29-16-34(4,5)17-30(39)32(29)31/h6-15,31H,16-17,19,37H2,1-5H3. The van der Waals surface area contributed by atoms with E-state index in [1.807, 2.05) is 29.2 Å². The number of benzene rings is 3. The third-order valence-electron chi connectivity index (χ3n) is 7.87. The van der Waals surface area contributed by atoms with E-state index in [4.69, 9.17) is 5.73 Å². The lowest BCUT2D eigenvalue weighted by Gasteiger charge is -2.44. The molecule has 6 heteroatoms. The summed E-state index contributed by atoms with van der Waals surface area (Å²) in [6, 6.07) is 23.2. The lowest BCUT2D eigenvalue weighted by Crippen LogP contribution is -2.42. The van der Waals surface area contributed by atoms with Gasteiger partial charge in [0.1, 0.15) is 5.82 Å². The van der Waals surface area contributed by atoms with E-state index in [0.29, 0.717) is 29.8 Å². The van der Waals surface area contributed by atoms with E-state index in [-0.39, 0.29) is 11.2 Å². The molecule has 0 saturated heterocycles. The highest BCUT2D eigenvalue weighted by Gasteiger charge is 2.45. The number of carbonyl (C=O) groups is 1. The van der Waals surface area contributed by atoms with Crippen LogP contribution in [0.1, 0.15) is 60.4 Å². The maximum Gasteiger partial charge on any atom is 0.162 e. The van der Waals surface area contributed by atoms with Crippen LogP contribution in [-0.2, 0) is 10.5 Å². The van der Waals surface area contributed by atoms with Crippen molar-refractivity contribution in [3.8, 4) is 6.07 Å². The summed E-state index contributed by atoms with van der Waals surface area (Å²) in [6.07, 6.45) is 1.13. The number of nitriles is 1. The molecule has 0 radical (unpaired) electrons. The van der Waals surface area contributed by atoms with Gasteiger partial charge < -0.3 is 5.73 Å². The first-order valence-electron chi connectivity index (χ1n) is 13.5. The van der Waals surface area contributed by atoms with Crippen molar-refractivity contribution in [3.05, 3.63) is 116 Å². The lowest BCUT2D eigenvalue weighted by atomic mass is 9.68. The largest absolute Gasteiger partial charge is 0.384 e. The van der Waals surface area contributed by atoms with Gasteiger partial charge in [-0.15, -0.1) is 11.8 Å². The van der Waals surface area contributed by atoms with Gasteiger partial charge in [0.15, 0.2) is 5.78 Å². The van der Waals surface area contributed by atoms with E-state index < -0.39 is 5.92 Å². The van der Waals surface area contributed by atoms with E-state index in [0.717, 1.165) is 38.3 Å². The predicted molar refractivity (Wildman–Crippen MR) is 168 cm³/mol. The zero-order valence-corrected chi connectivity index (χ0v) is 26.0. The van der Waals surface area contributed by atoms with E-state index in [1.54, 1.807) is 11.8 Å². The van der Waals surface area contributed by atoms with Crippen LogP contribution in [0.25, 0.3) is 0 Å². The van der Waals surface area contributed by atoms with Crippen molar-refractivity contribution in [2.75, 3.05) is 4.90 Å². The van der Waals surface area contributed by atoms with Gasteiger partial charge in [0.25, 0.3) is 0 Å². The Morgan fingerprint density at radius 1 is 1.05 bits per heavy atom. The number of aryl methyl sites for hydroxylation is 2. The van der Waals surface area contributed by atoms with Crippen molar-refractivity contribution >= 4 is 39.2 Å². The summed E-state index contributed by atoms with van der Waals surface area (Å²) in [4.78, 5) is 17.1. The number of rotatable bonds is 5. The van der Waals surface area contributed by atoms with Gasteiger partial charge >= 0.3 is 0 Å². The fourth-order valence-corrected chi connectivity index (χ4v) is 7.28. The Bertz CT molecular complexity index is 1610. The Kier molecular flexibility index (Phi) is 7.74. The number of allylic oxidation sites excluding steroid dienone is 3. The van der Waals surface area contributed by atoms with Crippen LogP contribution in [0.5, 0.6) is 0 Å². The van der Waals surface area contributed by atoms with Crippen LogP contribution < -0.4 is 10.6 Å². The quantitative estimate of drug-likeness (QED) is 0.292. The van der Waals surface area contributed by atoms with Crippen LogP contribution in [0.3, 0.4) is 0 Å². The Balaban J connectivity index is 1.67. The van der Waals surface area contributed by atoms with Gasteiger partial charge in [-0.25, -0.2) is 0 Å². The van der Waals surface area contributed by atoms with Gasteiger partial charge in [-0.3, -0.25) is 9.69 Å². The minimum atomic E-state index is -0.491. The molecule has 40 heavy (non-hydrogen) atoms. The molecule has 3 aromatic rings. The summed E-state index contributed by atoms with van der Waals surface area (Å²) < 4.78 is 0.909. The smallest absolute Gasteiger partial charge is 0.162 e. The molecule has 0 aromatic heterocycles. The fraction of sp³-hybridized carbons (Fsp3) is 0.294. The summed E-state index contributed by atoms with van der Waals surface area (Å²) in [6.45, 7) is 10.5. The Labute approximate surface area is 250 Å². The minimum absolute atomic E-state index is 0.0907. The molecule has 1 unspecified atom stereocenters. The van der Waals surface area contributed by atoms with E-state index in [9.17, 15) is 10.1 Å². The molecule has 0 bridgehead atoms. The summed E-state index contributed by atoms with van der Waals surface area (Å²) in [5.41, 5.74) is 15.2. The van der Waals surface area contributed by atoms with Crippen molar-refractivity contribution < 1.29 is 4.79 Å². The highest BCUT2D eigenvalue weighted by Crippen LogP contribution is 2.51. The first-order valence-corrected chi connectivity index (χ1v) is 15.3. The molecule has 1 aliphatic heterocycles. The maximum atomic E-state index is 14.0. The molecule has 1 heterocycles. The van der Waals surface area contributed by atoms with Crippen LogP contribution >= 0.6 is 27.7 Å². The zero-order chi connectivity index (χ0) is 28.8. The topological polar surface area (TPSA) is 70.1 Å². The summed E-state index contributed by atoms with van der Waals surface area (Å²) in [5.74, 6) is 0.795. The predicted octanol–water partition coefficient (Wildman–Crippen LogP) is 8.61. The van der Waals surface area contributed by atoms with E-state index in [1.165, 1.54) is 16.0 Å². The van der Waals surface area contributed by atoms with Gasteiger partial charge in [0.2, 0.25) is 0 Å². The summed E-state index contributed by atoms with van der Waals surface area (Å²) in [7, 11) is 0.